The standard InChI is InChI=1S/C36H47FN2O2S/c1-11-32(42-35(24(5)6)36(40)41-12-2)26(8)21-30(29-17-13-14-18-31(29)37)34(27(9)38-10)33(23(3)4)28-16-15-19-39-22-25(7)20-28/h13-14,17-18,20-21,25-26,39H,1,3,12,15-16,19,22H2,2,4-10H3/b28-20-,30-21-,34-33-,38-27-/t25-,26?/m1/s1. The second-order valence-electron chi connectivity index (χ2n) is 10.9. The predicted octanol–water partition coefficient (Wildman–Crippen LogP) is 9.01. The Balaban J connectivity index is 2.92. The summed E-state index contributed by atoms with van der Waals surface area (Å²) in [5.74, 6) is -0.631. The third-order valence-electron chi connectivity index (χ3n) is 7.01. The van der Waals surface area contributed by atoms with E-state index in [9.17, 15) is 4.79 Å². The molecule has 0 aromatic heterocycles. The molecule has 1 aromatic carbocycles. The van der Waals surface area contributed by atoms with Gasteiger partial charge in [0.2, 0.25) is 0 Å². The van der Waals surface area contributed by atoms with Crippen LogP contribution >= 0.6 is 11.8 Å². The number of nitrogens with zero attached hydrogens (tertiary/aromatic N) is 1. The minimum absolute atomic E-state index is 0.258. The highest BCUT2D eigenvalue weighted by molar-refractivity contribution is 8.07. The Labute approximate surface area is 257 Å². The molecule has 6 heteroatoms. The van der Waals surface area contributed by atoms with Crippen molar-refractivity contribution in [3.05, 3.63) is 104 Å². The average molecular weight is 591 g/mol. The van der Waals surface area contributed by atoms with Gasteiger partial charge in [0.1, 0.15) is 5.82 Å². The quantitative estimate of drug-likeness (QED) is 0.0919. The van der Waals surface area contributed by atoms with Crippen molar-refractivity contribution in [1.29, 1.82) is 0 Å². The van der Waals surface area contributed by atoms with E-state index in [0.29, 0.717) is 16.4 Å². The fraction of sp³-hybridized carbons (Fsp3) is 0.417. The molecule has 1 unspecified atom stereocenters. The van der Waals surface area contributed by atoms with Gasteiger partial charge in [0.15, 0.2) is 0 Å². The summed E-state index contributed by atoms with van der Waals surface area (Å²) in [5, 5.41) is 3.51. The van der Waals surface area contributed by atoms with Crippen molar-refractivity contribution in [2.75, 3.05) is 26.7 Å². The molecule has 4 nitrogen and oxygen atoms in total. The monoisotopic (exact) mass is 590 g/mol. The number of allylic oxidation sites excluding steroid dienone is 8. The number of benzene rings is 1. The molecular formula is C36H47FN2O2S. The highest BCUT2D eigenvalue weighted by Crippen LogP contribution is 2.40. The third-order valence-corrected chi connectivity index (χ3v) is 8.53. The largest absolute Gasteiger partial charge is 0.462 e. The minimum Gasteiger partial charge on any atom is -0.462 e. The van der Waals surface area contributed by atoms with E-state index in [0.717, 1.165) is 64.4 Å². The van der Waals surface area contributed by atoms with Crippen LogP contribution in [-0.4, -0.2) is 38.4 Å². The van der Waals surface area contributed by atoms with Crippen LogP contribution in [0.5, 0.6) is 0 Å². The van der Waals surface area contributed by atoms with E-state index in [1.54, 1.807) is 26.1 Å². The Morgan fingerprint density at radius 1 is 1.29 bits per heavy atom. The molecule has 42 heavy (non-hydrogen) atoms. The van der Waals surface area contributed by atoms with Crippen molar-refractivity contribution in [2.45, 2.75) is 61.3 Å². The molecule has 0 saturated carbocycles. The highest BCUT2D eigenvalue weighted by atomic mass is 32.2. The first-order chi connectivity index (χ1) is 20.0. The van der Waals surface area contributed by atoms with Crippen LogP contribution in [-0.2, 0) is 9.53 Å². The van der Waals surface area contributed by atoms with Crippen molar-refractivity contribution < 1.29 is 13.9 Å². The summed E-state index contributed by atoms with van der Waals surface area (Å²) < 4.78 is 20.9. The van der Waals surface area contributed by atoms with Crippen LogP contribution in [0.2, 0.25) is 0 Å². The Kier molecular flexibility index (Phi) is 14.2. The second-order valence-corrected chi connectivity index (χ2v) is 11.9. The lowest BCUT2D eigenvalue weighted by Gasteiger charge is -2.25. The molecule has 226 valence electrons. The number of esters is 1. The molecule has 2 atom stereocenters. The minimum atomic E-state index is -0.375. The lowest BCUT2D eigenvalue weighted by molar-refractivity contribution is -0.137. The number of ether oxygens (including phenoxy) is 1. The van der Waals surface area contributed by atoms with Crippen LogP contribution in [0.4, 0.5) is 4.39 Å². The van der Waals surface area contributed by atoms with Gasteiger partial charge in [-0.05, 0) is 82.7 Å². The highest BCUT2D eigenvalue weighted by Gasteiger charge is 2.25. The number of carbonyl (C=O) groups is 1. The zero-order chi connectivity index (χ0) is 31.4. The molecule has 0 radical (unpaired) electrons. The van der Waals surface area contributed by atoms with Crippen LogP contribution < -0.4 is 5.32 Å². The lowest BCUT2D eigenvalue weighted by atomic mass is 9.81. The molecule has 0 spiro atoms. The molecule has 0 bridgehead atoms. The Morgan fingerprint density at radius 2 is 1.98 bits per heavy atom. The molecular weight excluding hydrogens is 543 g/mol. The molecule has 1 N–H and O–H groups in total. The first-order valence-electron chi connectivity index (χ1n) is 14.6. The maximum atomic E-state index is 15.6. The topological polar surface area (TPSA) is 50.7 Å². The maximum Gasteiger partial charge on any atom is 0.344 e. The van der Waals surface area contributed by atoms with Gasteiger partial charge in [0.25, 0.3) is 0 Å². The number of hydrogen-bond donors (Lipinski definition) is 1. The van der Waals surface area contributed by atoms with Gasteiger partial charge < -0.3 is 10.1 Å². The molecule has 1 aliphatic heterocycles. The molecule has 1 aromatic rings. The molecule has 0 aliphatic carbocycles. The van der Waals surface area contributed by atoms with E-state index in [1.807, 2.05) is 46.8 Å². The zero-order valence-corrected chi connectivity index (χ0v) is 27.4. The third kappa shape index (κ3) is 9.42. The smallest absolute Gasteiger partial charge is 0.344 e. The second kappa shape index (κ2) is 17.1. The zero-order valence-electron chi connectivity index (χ0n) is 26.6. The van der Waals surface area contributed by atoms with Gasteiger partial charge in [-0.15, -0.1) is 5.73 Å². The van der Waals surface area contributed by atoms with Gasteiger partial charge in [-0.25, -0.2) is 9.18 Å². The number of hydrogen-bond acceptors (Lipinski definition) is 5. The van der Waals surface area contributed by atoms with Crippen molar-refractivity contribution in [3.8, 4) is 0 Å². The molecule has 2 rings (SSSR count). The van der Waals surface area contributed by atoms with Gasteiger partial charge in [-0.2, -0.15) is 0 Å². The molecule has 1 heterocycles. The summed E-state index contributed by atoms with van der Waals surface area (Å²) in [6.45, 7) is 24.2. The van der Waals surface area contributed by atoms with Gasteiger partial charge in [0.05, 0.1) is 11.5 Å². The summed E-state index contributed by atoms with van der Waals surface area (Å²) in [6.07, 6.45) is 6.21. The molecule has 0 fully saturated rings. The van der Waals surface area contributed by atoms with Crippen LogP contribution in [0.3, 0.4) is 0 Å². The molecule has 0 saturated heterocycles. The van der Waals surface area contributed by atoms with E-state index in [4.69, 9.17) is 4.74 Å². The Hall–Kier alpha value is -3.18. The van der Waals surface area contributed by atoms with Crippen molar-refractivity contribution in [1.82, 2.24) is 5.32 Å². The number of carbonyl (C=O) groups excluding carboxylic acids is 1. The predicted molar refractivity (Wildman–Crippen MR) is 179 cm³/mol. The summed E-state index contributed by atoms with van der Waals surface area (Å²) in [4.78, 5) is 18.6. The van der Waals surface area contributed by atoms with Crippen LogP contribution in [0.15, 0.2) is 98.0 Å². The van der Waals surface area contributed by atoms with E-state index < -0.39 is 0 Å². The SMILES string of the molecule is C=C=C(SC(C(=O)OCC)=C(C)C)C(C)\C=C(C(/C(C)=N\C)=C(C(=C)C)\C1=C/[C@@H](C)CNCCC1)\c1ccccc1F. The number of thioether (sulfide) groups is 1. The van der Waals surface area contributed by atoms with Crippen LogP contribution in [0, 0.1) is 17.7 Å². The first-order valence-corrected chi connectivity index (χ1v) is 15.4. The number of aliphatic imine (C=N–C) groups is 1. The molecule has 1 aliphatic rings. The Bertz CT molecular complexity index is 1370. The number of halogens is 1. The average Bonchev–Trinajstić information content (AvgIpc) is 2.93. The van der Waals surface area contributed by atoms with E-state index >= 15 is 4.39 Å². The van der Waals surface area contributed by atoms with Gasteiger partial charge in [-0.1, -0.05) is 80.3 Å². The maximum absolute atomic E-state index is 15.6. The fourth-order valence-corrected chi connectivity index (χ4v) is 5.85. The van der Waals surface area contributed by atoms with Gasteiger partial charge in [-0.3, -0.25) is 4.99 Å². The Morgan fingerprint density at radius 3 is 2.55 bits per heavy atom. The van der Waals surface area contributed by atoms with Crippen molar-refractivity contribution >= 4 is 29.0 Å². The van der Waals surface area contributed by atoms with E-state index in [2.05, 4.69) is 42.2 Å². The van der Waals surface area contributed by atoms with Gasteiger partial charge >= 0.3 is 5.97 Å². The number of rotatable bonds is 11. The lowest BCUT2D eigenvalue weighted by Crippen LogP contribution is -2.24. The normalized spacial score (nSPS) is 18.8. The summed E-state index contributed by atoms with van der Waals surface area (Å²) in [7, 11) is 1.76. The van der Waals surface area contributed by atoms with Crippen LogP contribution in [0.1, 0.15) is 66.9 Å². The summed E-state index contributed by atoms with van der Waals surface area (Å²) >= 11 is 1.30. The van der Waals surface area contributed by atoms with Crippen LogP contribution in [0.25, 0.3) is 5.57 Å². The fourth-order valence-electron chi connectivity index (χ4n) is 4.96. The van der Waals surface area contributed by atoms with E-state index in [1.165, 1.54) is 23.4 Å². The van der Waals surface area contributed by atoms with Crippen molar-refractivity contribution in [2.24, 2.45) is 16.8 Å². The van der Waals surface area contributed by atoms with E-state index in [-0.39, 0.29) is 24.3 Å². The summed E-state index contributed by atoms with van der Waals surface area (Å²) in [5.41, 5.74) is 9.83. The first kappa shape index (κ1) is 35.0. The number of nitrogens with one attached hydrogen (secondary N) is 1. The van der Waals surface area contributed by atoms with Gasteiger partial charge in [0, 0.05) is 41.3 Å². The van der Waals surface area contributed by atoms with Crippen molar-refractivity contribution in [3.63, 3.8) is 0 Å². The summed E-state index contributed by atoms with van der Waals surface area (Å²) in [6, 6.07) is 6.82. The molecule has 0 amide bonds.